The molecule has 17 heavy (non-hydrogen) atoms. The van der Waals surface area contributed by atoms with E-state index in [0.29, 0.717) is 6.04 Å². The van der Waals surface area contributed by atoms with Crippen molar-refractivity contribution in [2.24, 2.45) is 0 Å². The first-order chi connectivity index (χ1) is 8.38. The zero-order valence-corrected chi connectivity index (χ0v) is 11.0. The Hall–Kier alpha value is -0.420. The minimum Gasteiger partial charge on any atom is -0.377 e. The number of methoxy groups -OCH3 is 1. The second-order valence-corrected chi connectivity index (χ2v) is 5.66. The van der Waals surface area contributed by atoms with Crippen molar-refractivity contribution >= 4 is 11.3 Å². The molecule has 1 aromatic heterocycles. The number of fused-ring (bicyclic) bond motifs is 1. The summed E-state index contributed by atoms with van der Waals surface area (Å²) in [6.07, 6.45) is 2.96. The molecule has 0 aliphatic carbocycles. The molecule has 4 heteroatoms. The van der Waals surface area contributed by atoms with E-state index in [0.717, 1.165) is 19.7 Å². The van der Waals surface area contributed by atoms with E-state index in [1.54, 1.807) is 18.4 Å². The largest absolute Gasteiger partial charge is 0.377 e. The van der Waals surface area contributed by atoms with Gasteiger partial charge in [-0.05, 0) is 35.2 Å². The van der Waals surface area contributed by atoms with Crippen molar-refractivity contribution < 1.29 is 9.47 Å². The van der Waals surface area contributed by atoms with E-state index in [1.807, 2.05) is 0 Å². The highest BCUT2D eigenvalue weighted by Crippen LogP contribution is 2.31. The van der Waals surface area contributed by atoms with Gasteiger partial charge in [-0.1, -0.05) is 0 Å². The number of nitrogens with zero attached hydrogens (tertiary/aromatic N) is 1. The van der Waals surface area contributed by atoms with Gasteiger partial charge in [0.25, 0.3) is 0 Å². The molecule has 3 atom stereocenters. The summed E-state index contributed by atoms with van der Waals surface area (Å²) in [5.74, 6) is 0. The molecule has 0 amide bonds. The van der Waals surface area contributed by atoms with Crippen LogP contribution >= 0.6 is 11.3 Å². The van der Waals surface area contributed by atoms with Crippen LogP contribution in [0.3, 0.4) is 0 Å². The number of thiophene rings is 1. The van der Waals surface area contributed by atoms with E-state index in [1.165, 1.54) is 18.4 Å². The first-order valence-electron chi connectivity index (χ1n) is 6.28. The summed E-state index contributed by atoms with van der Waals surface area (Å²) in [6, 6.07) is 2.76. The smallest absolute Gasteiger partial charge is 0.100 e. The second kappa shape index (κ2) is 5.06. The van der Waals surface area contributed by atoms with E-state index in [-0.39, 0.29) is 12.2 Å². The summed E-state index contributed by atoms with van der Waals surface area (Å²) in [5.41, 5.74) is 1.41. The first kappa shape index (κ1) is 11.7. The van der Waals surface area contributed by atoms with Crippen LogP contribution in [0.5, 0.6) is 0 Å². The van der Waals surface area contributed by atoms with E-state index >= 15 is 0 Å². The van der Waals surface area contributed by atoms with Crippen molar-refractivity contribution in [3.63, 3.8) is 0 Å². The SMILES string of the molecule is CO[C@@H]1CN(Cc2ccsc2)[C@H]2CCCO[C@@H]12. The van der Waals surface area contributed by atoms with Crippen LogP contribution in [0.1, 0.15) is 18.4 Å². The Kier molecular flexibility index (Phi) is 3.47. The van der Waals surface area contributed by atoms with Crippen LogP contribution in [-0.2, 0) is 16.0 Å². The fourth-order valence-corrected chi connectivity index (χ4v) is 3.67. The second-order valence-electron chi connectivity index (χ2n) is 4.88. The van der Waals surface area contributed by atoms with Gasteiger partial charge in [0, 0.05) is 32.8 Å². The third-order valence-corrected chi connectivity index (χ3v) is 4.58. The van der Waals surface area contributed by atoms with Crippen LogP contribution in [0, 0.1) is 0 Å². The molecule has 2 aliphatic heterocycles. The molecule has 0 unspecified atom stereocenters. The van der Waals surface area contributed by atoms with Crippen molar-refractivity contribution in [3.05, 3.63) is 22.4 Å². The molecule has 3 heterocycles. The Morgan fingerprint density at radius 1 is 1.59 bits per heavy atom. The highest BCUT2D eigenvalue weighted by molar-refractivity contribution is 7.07. The first-order valence-corrected chi connectivity index (χ1v) is 7.22. The van der Waals surface area contributed by atoms with Gasteiger partial charge >= 0.3 is 0 Å². The molecule has 2 saturated heterocycles. The zero-order valence-electron chi connectivity index (χ0n) is 10.2. The Morgan fingerprint density at radius 2 is 2.53 bits per heavy atom. The number of hydrogen-bond donors (Lipinski definition) is 0. The molecule has 0 N–H and O–H groups in total. The molecule has 0 saturated carbocycles. The Bertz CT molecular complexity index is 354. The molecule has 0 spiro atoms. The number of ether oxygens (including phenoxy) is 2. The van der Waals surface area contributed by atoms with Gasteiger partial charge in [-0.3, -0.25) is 4.90 Å². The maximum atomic E-state index is 5.89. The van der Waals surface area contributed by atoms with Crippen molar-refractivity contribution in [1.82, 2.24) is 4.90 Å². The summed E-state index contributed by atoms with van der Waals surface area (Å²) < 4.78 is 11.5. The van der Waals surface area contributed by atoms with E-state index in [2.05, 4.69) is 21.7 Å². The van der Waals surface area contributed by atoms with Gasteiger partial charge in [-0.25, -0.2) is 0 Å². The maximum Gasteiger partial charge on any atom is 0.100 e. The average Bonchev–Trinajstić information content (AvgIpc) is 2.98. The van der Waals surface area contributed by atoms with Gasteiger partial charge in [0.15, 0.2) is 0 Å². The van der Waals surface area contributed by atoms with E-state index in [9.17, 15) is 0 Å². The molecule has 0 radical (unpaired) electrons. The molecular weight excluding hydrogens is 234 g/mol. The van der Waals surface area contributed by atoms with Crippen LogP contribution in [0.15, 0.2) is 16.8 Å². The minimum atomic E-state index is 0.249. The van der Waals surface area contributed by atoms with Crippen LogP contribution in [0.25, 0.3) is 0 Å². The molecule has 0 aromatic carbocycles. The molecule has 2 fully saturated rings. The predicted octanol–water partition coefficient (Wildman–Crippen LogP) is 2.13. The van der Waals surface area contributed by atoms with Crippen molar-refractivity contribution in [2.45, 2.75) is 37.6 Å². The fourth-order valence-electron chi connectivity index (χ4n) is 3.01. The summed E-state index contributed by atoms with van der Waals surface area (Å²) in [6.45, 7) is 2.93. The topological polar surface area (TPSA) is 21.7 Å². The fraction of sp³-hybridized carbons (Fsp3) is 0.692. The third kappa shape index (κ3) is 2.27. The lowest BCUT2D eigenvalue weighted by Crippen LogP contribution is -2.41. The Balaban J connectivity index is 1.72. The third-order valence-electron chi connectivity index (χ3n) is 3.85. The standard InChI is InChI=1S/C13H19NO2S/c1-15-12-8-14(7-10-4-6-17-9-10)11-3-2-5-16-13(11)12/h4,6,9,11-13H,2-3,5,7-8H2,1H3/t11-,12+,13+/m0/s1. The molecule has 2 aliphatic rings. The number of rotatable bonds is 3. The van der Waals surface area contributed by atoms with Crippen LogP contribution < -0.4 is 0 Å². The summed E-state index contributed by atoms with van der Waals surface area (Å²) in [5, 5.41) is 4.38. The van der Waals surface area contributed by atoms with Crippen LogP contribution in [0.4, 0.5) is 0 Å². The Morgan fingerprint density at radius 3 is 3.29 bits per heavy atom. The van der Waals surface area contributed by atoms with Crippen molar-refractivity contribution in [2.75, 3.05) is 20.3 Å². The molecule has 3 nitrogen and oxygen atoms in total. The van der Waals surface area contributed by atoms with Gasteiger partial charge in [-0.15, -0.1) is 0 Å². The lowest BCUT2D eigenvalue weighted by atomic mass is 10.0. The quantitative estimate of drug-likeness (QED) is 0.823. The lowest BCUT2D eigenvalue weighted by Gasteiger charge is -2.32. The number of hydrogen-bond acceptors (Lipinski definition) is 4. The lowest BCUT2D eigenvalue weighted by molar-refractivity contribution is -0.0655. The van der Waals surface area contributed by atoms with Crippen molar-refractivity contribution in [1.29, 1.82) is 0 Å². The van der Waals surface area contributed by atoms with E-state index < -0.39 is 0 Å². The van der Waals surface area contributed by atoms with E-state index in [4.69, 9.17) is 9.47 Å². The predicted molar refractivity (Wildman–Crippen MR) is 68.3 cm³/mol. The summed E-state index contributed by atoms with van der Waals surface area (Å²) >= 11 is 1.77. The molecule has 3 rings (SSSR count). The van der Waals surface area contributed by atoms with Crippen molar-refractivity contribution in [3.8, 4) is 0 Å². The molecule has 0 bridgehead atoms. The van der Waals surface area contributed by atoms with Gasteiger partial charge in [0.1, 0.15) is 6.10 Å². The normalized spacial score (nSPS) is 33.8. The van der Waals surface area contributed by atoms with Gasteiger partial charge in [0.2, 0.25) is 0 Å². The molecule has 1 aromatic rings. The zero-order chi connectivity index (χ0) is 11.7. The monoisotopic (exact) mass is 253 g/mol. The van der Waals surface area contributed by atoms with Gasteiger partial charge in [0.05, 0.1) is 6.10 Å². The molecular formula is C13H19NO2S. The highest BCUT2D eigenvalue weighted by Gasteiger charge is 2.43. The summed E-state index contributed by atoms with van der Waals surface area (Å²) in [4.78, 5) is 2.53. The minimum absolute atomic E-state index is 0.249. The van der Waals surface area contributed by atoms with Crippen LogP contribution in [-0.4, -0.2) is 43.4 Å². The number of likely N-dealkylation sites (tertiary alicyclic amines) is 1. The van der Waals surface area contributed by atoms with Gasteiger partial charge < -0.3 is 9.47 Å². The maximum absolute atomic E-state index is 5.89. The Labute approximate surface area is 106 Å². The average molecular weight is 253 g/mol. The highest BCUT2D eigenvalue weighted by atomic mass is 32.1. The van der Waals surface area contributed by atoms with Crippen LogP contribution in [0.2, 0.25) is 0 Å². The summed E-state index contributed by atoms with van der Waals surface area (Å²) in [7, 11) is 1.80. The molecule has 94 valence electrons. The van der Waals surface area contributed by atoms with Gasteiger partial charge in [-0.2, -0.15) is 11.3 Å².